The van der Waals surface area contributed by atoms with Crippen LogP contribution in [0.1, 0.15) is 24.2 Å². The number of hydrogen-bond donors (Lipinski definition) is 2. The van der Waals surface area contributed by atoms with Gasteiger partial charge in [0.1, 0.15) is 34.5 Å². The van der Waals surface area contributed by atoms with Crippen molar-refractivity contribution in [3.05, 3.63) is 23.8 Å². The van der Waals surface area contributed by atoms with Crippen molar-refractivity contribution in [3.8, 4) is 11.5 Å². The zero-order valence-corrected chi connectivity index (χ0v) is 19.1. The summed E-state index contributed by atoms with van der Waals surface area (Å²) in [5.74, 6) is -1.30. The SMILES string of the molecule is COc1cccc(OC)c1C(=O)N[C@@H]1C(=O)N2[C@@H]1SC(C)(C)[C@@H]2C(=O)O.O.[Na]. The number of methoxy groups -OCH3 is 2. The summed E-state index contributed by atoms with van der Waals surface area (Å²) in [5, 5.41) is 11.7. The summed E-state index contributed by atoms with van der Waals surface area (Å²) in [7, 11) is 2.88. The summed E-state index contributed by atoms with van der Waals surface area (Å²) in [6.07, 6.45) is 0. The van der Waals surface area contributed by atoms with E-state index in [4.69, 9.17) is 9.47 Å². The Morgan fingerprint density at radius 2 is 1.75 bits per heavy atom. The van der Waals surface area contributed by atoms with Crippen molar-refractivity contribution in [2.45, 2.75) is 36.1 Å². The minimum Gasteiger partial charge on any atom is -0.496 e. The molecule has 0 unspecified atom stereocenters. The maximum Gasteiger partial charge on any atom is 0.327 e. The quantitative estimate of drug-likeness (QED) is 0.494. The molecule has 2 heterocycles. The number of hydrogen-bond acceptors (Lipinski definition) is 6. The van der Waals surface area contributed by atoms with Crippen molar-refractivity contribution >= 4 is 59.1 Å². The molecule has 3 rings (SSSR count). The molecule has 4 N–H and O–H groups in total. The van der Waals surface area contributed by atoms with E-state index in [1.165, 1.54) is 30.9 Å². The molecule has 1 radical (unpaired) electrons. The number of nitrogens with zero attached hydrogens (tertiary/aromatic N) is 1. The summed E-state index contributed by atoms with van der Waals surface area (Å²) in [6.45, 7) is 3.56. The van der Waals surface area contributed by atoms with Gasteiger partial charge in [-0.1, -0.05) is 6.07 Å². The smallest absolute Gasteiger partial charge is 0.327 e. The minimum atomic E-state index is -1.05. The maximum atomic E-state index is 12.8. The average Bonchev–Trinajstić information content (AvgIpc) is 2.86. The van der Waals surface area contributed by atoms with E-state index >= 15 is 0 Å². The molecule has 2 aliphatic heterocycles. The second-order valence-corrected chi connectivity index (χ2v) is 8.36. The number of β-lactam (4-membered cyclic amide) rings is 1. The normalized spacial score (nSPS) is 24.1. The van der Waals surface area contributed by atoms with Gasteiger partial charge in [-0.15, -0.1) is 11.8 Å². The number of thioether (sulfide) groups is 1. The molecular weight excluding hydrogens is 399 g/mol. The van der Waals surface area contributed by atoms with E-state index in [1.54, 1.807) is 32.0 Å². The number of amides is 2. The van der Waals surface area contributed by atoms with Gasteiger partial charge in [-0.25, -0.2) is 4.79 Å². The molecule has 3 atom stereocenters. The number of carboxylic acid groups (broad SMARTS) is 1. The Morgan fingerprint density at radius 3 is 2.21 bits per heavy atom. The molecule has 2 fully saturated rings. The molecule has 11 heteroatoms. The predicted molar refractivity (Wildman–Crippen MR) is 104 cm³/mol. The molecule has 2 saturated heterocycles. The van der Waals surface area contributed by atoms with Crippen LogP contribution in [0.15, 0.2) is 18.2 Å². The molecule has 1 aromatic carbocycles. The largest absolute Gasteiger partial charge is 0.496 e. The van der Waals surface area contributed by atoms with Crippen molar-refractivity contribution in [1.29, 1.82) is 0 Å². The summed E-state index contributed by atoms with van der Waals surface area (Å²) >= 11 is 1.37. The van der Waals surface area contributed by atoms with Gasteiger partial charge in [0, 0.05) is 34.3 Å². The van der Waals surface area contributed by atoms with Crippen LogP contribution in [-0.2, 0) is 9.59 Å². The van der Waals surface area contributed by atoms with Crippen molar-refractivity contribution in [1.82, 2.24) is 10.2 Å². The Bertz CT molecular complexity index is 767. The van der Waals surface area contributed by atoms with E-state index < -0.39 is 40.0 Å². The maximum absolute atomic E-state index is 12.8. The fourth-order valence-corrected chi connectivity index (χ4v) is 5.06. The first-order valence-corrected chi connectivity index (χ1v) is 8.85. The molecule has 0 bridgehead atoms. The van der Waals surface area contributed by atoms with Crippen molar-refractivity contribution < 1.29 is 34.4 Å². The van der Waals surface area contributed by atoms with Crippen LogP contribution in [0.2, 0.25) is 0 Å². The van der Waals surface area contributed by atoms with Crippen molar-refractivity contribution in [2.24, 2.45) is 0 Å². The van der Waals surface area contributed by atoms with Gasteiger partial charge in [-0.2, -0.15) is 0 Å². The predicted octanol–water partition coefficient (Wildman–Crippen LogP) is -0.256. The standard InChI is InChI=1S/C17H20N2O6S.Na.H2O/c1-17(2)12(16(22)23)19-14(21)11(15(19)26-17)18-13(20)10-8(24-3)6-5-7-9(10)25-4;;/h5-7,11-12,15H,1-4H3,(H,18,20)(H,22,23);;1H2/t11-,12+,15-;;/m1../s1. The number of rotatable bonds is 5. The number of carbonyl (C=O) groups excluding carboxylic acids is 2. The van der Waals surface area contributed by atoms with Crippen LogP contribution in [0.5, 0.6) is 11.5 Å². The van der Waals surface area contributed by atoms with Gasteiger partial charge in [-0.05, 0) is 26.0 Å². The molecule has 0 aromatic heterocycles. The van der Waals surface area contributed by atoms with E-state index in [2.05, 4.69) is 5.32 Å². The summed E-state index contributed by atoms with van der Waals surface area (Å²) in [4.78, 5) is 38.1. The number of carbonyl (C=O) groups is 3. The zero-order valence-electron chi connectivity index (χ0n) is 16.3. The molecule has 0 aliphatic carbocycles. The molecule has 9 nitrogen and oxygen atoms in total. The van der Waals surface area contributed by atoms with E-state index in [0.717, 1.165) is 0 Å². The van der Waals surface area contributed by atoms with Gasteiger partial charge in [0.2, 0.25) is 5.91 Å². The zero-order chi connectivity index (χ0) is 19.2. The monoisotopic (exact) mass is 421 g/mol. The first-order chi connectivity index (χ1) is 12.2. The minimum absolute atomic E-state index is 0. The van der Waals surface area contributed by atoms with Crippen LogP contribution in [0.25, 0.3) is 0 Å². The second kappa shape index (κ2) is 8.91. The number of ether oxygens (including phenoxy) is 2. The molecule has 2 amide bonds. The fourth-order valence-electron chi connectivity index (χ4n) is 3.43. The Balaban J connectivity index is 0.00000196. The van der Waals surface area contributed by atoms with Crippen molar-refractivity contribution in [3.63, 3.8) is 0 Å². The van der Waals surface area contributed by atoms with Crippen LogP contribution >= 0.6 is 11.8 Å². The Labute approximate surface area is 188 Å². The Kier molecular flexibility index (Phi) is 7.82. The van der Waals surface area contributed by atoms with Gasteiger partial charge < -0.3 is 30.3 Å². The number of fused-ring (bicyclic) bond motifs is 1. The van der Waals surface area contributed by atoms with Gasteiger partial charge in [0.15, 0.2) is 0 Å². The fraction of sp³-hybridized carbons (Fsp3) is 0.471. The number of carboxylic acids is 1. The molecule has 28 heavy (non-hydrogen) atoms. The first-order valence-electron chi connectivity index (χ1n) is 7.97. The summed E-state index contributed by atoms with van der Waals surface area (Å²) < 4.78 is 9.79. The molecule has 0 saturated carbocycles. The molecular formula is C17H22N2NaO7S. The van der Waals surface area contributed by atoms with Crippen LogP contribution in [0.3, 0.4) is 0 Å². The average molecular weight is 421 g/mol. The molecule has 149 valence electrons. The Morgan fingerprint density at radius 1 is 1.21 bits per heavy atom. The first kappa shape index (κ1) is 24.6. The van der Waals surface area contributed by atoms with Crippen LogP contribution in [-0.4, -0.2) is 99.2 Å². The topological polar surface area (TPSA) is 137 Å². The van der Waals surface area contributed by atoms with Gasteiger partial charge in [0.05, 0.1) is 14.2 Å². The molecule has 2 aliphatic rings. The van der Waals surface area contributed by atoms with Gasteiger partial charge >= 0.3 is 5.97 Å². The Hall–Kier alpha value is -1.46. The van der Waals surface area contributed by atoms with Gasteiger partial charge in [0.25, 0.3) is 5.91 Å². The molecule has 0 spiro atoms. The second-order valence-electron chi connectivity index (χ2n) is 6.59. The van der Waals surface area contributed by atoms with E-state index in [0.29, 0.717) is 11.5 Å². The number of nitrogens with one attached hydrogen (secondary N) is 1. The third-order valence-electron chi connectivity index (χ3n) is 4.62. The van der Waals surface area contributed by atoms with E-state index in [9.17, 15) is 19.5 Å². The van der Waals surface area contributed by atoms with Crippen LogP contribution in [0, 0.1) is 0 Å². The summed E-state index contributed by atoms with van der Waals surface area (Å²) in [5.41, 5.74) is 0.195. The third-order valence-corrected chi connectivity index (χ3v) is 6.19. The van der Waals surface area contributed by atoms with Crippen LogP contribution < -0.4 is 14.8 Å². The van der Waals surface area contributed by atoms with E-state index in [1.807, 2.05) is 0 Å². The number of aliphatic carboxylic acids is 1. The van der Waals surface area contributed by atoms with Crippen LogP contribution in [0.4, 0.5) is 0 Å². The summed E-state index contributed by atoms with van der Waals surface area (Å²) in [6, 6.07) is 3.24. The number of benzene rings is 1. The third kappa shape index (κ3) is 3.84. The van der Waals surface area contributed by atoms with Crippen molar-refractivity contribution in [2.75, 3.05) is 14.2 Å². The van der Waals surface area contributed by atoms with Gasteiger partial charge in [-0.3, -0.25) is 9.59 Å². The molecule has 1 aromatic rings. The van der Waals surface area contributed by atoms with E-state index in [-0.39, 0.29) is 40.6 Å².